The molecule has 0 spiro atoms. The Hall–Kier alpha value is -2.99. The molecule has 0 aliphatic carbocycles. The molecule has 0 aliphatic rings. The smallest absolute Gasteiger partial charge is 0.251 e. The van der Waals surface area contributed by atoms with E-state index in [1.807, 2.05) is 61.7 Å². The van der Waals surface area contributed by atoms with Gasteiger partial charge in [0.25, 0.3) is 5.91 Å². The lowest BCUT2D eigenvalue weighted by Crippen LogP contribution is -2.35. The molecule has 0 saturated carbocycles. The van der Waals surface area contributed by atoms with E-state index < -0.39 is 0 Å². The summed E-state index contributed by atoms with van der Waals surface area (Å²) in [6.45, 7) is 3.79. The molecule has 5 nitrogen and oxygen atoms in total. The number of nitrogens with zero attached hydrogens (tertiary/aromatic N) is 1. The summed E-state index contributed by atoms with van der Waals surface area (Å²) in [5.74, 6) is -0.327. The van der Waals surface area contributed by atoms with Crippen LogP contribution >= 0.6 is 11.3 Å². The number of hydrogen-bond donors (Lipinski definition) is 2. The van der Waals surface area contributed by atoms with E-state index in [0.29, 0.717) is 5.56 Å². The minimum atomic E-state index is -0.269. The van der Waals surface area contributed by atoms with E-state index in [1.54, 1.807) is 23.5 Å². The third kappa shape index (κ3) is 5.24. The second-order valence-corrected chi connectivity index (χ2v) is 7.38. The topological polar surface area (TPSA) is 71.1 Å². The van der Waals surface area contributed by atoms with Crippen LogP contribution in [0.4, 0.5) is 5.69 Å². The van der Waals surface area contributed by atoms with Crippen LogP contribution in [-0.4, -0.2) is 22.8 Å². The molecule has 0 saturated heterocycles. The number of rotatable bonds is 6. The molecule has 1 atom stereocenters. The molecule has 2 amide bonds. The number of carbonyl (C=O) groups is 2. The van der Waals surface area contributed by atoms with Crippen LogP contribution < -0.4 is 10.6 Å². The largest absolute Gasteiger partial charge is 0.349 e. The first-order valence-corrected chi connectivity index (χ1v) is 9.57. The number of amides is 2. The van der Waals surface area contributed by atoms with E-state index >= 15 is 0 Å². The highest BCUT2D eigenvalue weighted by Crippen LogP contribution is 2.23. The van der Waals surface area contributed by atoms with Crippen LogP contribution in [0.25, 0.3) is 11.3 Å². The summed E-state index contributed by atoms with van der Waals surface area (Å²) in [4.78, 5) is 28.8. The minimum Gasteiger partial charge on any atom is -0.349 e. The number of anilines is 1. The fourth-order valence-corrected chi connectivity index (χ4v) is 3.28. The van der Waals surface area contributed by atoms with Gasteiger partial charge in [-0.1, -0.05) is 30.3 Å². The van der Waals surface area contributed by atoms with Crippen molar-refractivity contribution in [1.29, 1.82) is 0 Å². The number of benzene rings is 2. The Labute approximate surface area is 162 Å². The van der Waals surface area contributed by atoms with E-state index in [-0.39, 0.29) is 24.3 Å². The predicted octanol–water partition coefficient (Wildman–Crippen LogP) is 4.27. The fraction of sp³-hybridized carbons (Fsp3) is 0.190. The molecular weight excluding hydrogens is 358 g/mol. The van der Waals surface area contributed by atoms with Gasteiger partial charge in [0.1, 0.15) is 0 Å². The highest BCUT2D eigenvalue weighted by molar-refractivity contribution is 7.09. The summed E-state index contributed by atoms with van der Waals surface area (Å²) >= 11 is 1.61. The molecule has 0 fully saturated rings. The number of thiazole rings is 1. The Kier molecular flexibility index (Phi) is 5.98. The van der Waals surface area contributed by atoms with Gasteiger partial charge in [-0.2, -0.15) is 0 Å². The number of nitrogens with one attached hydrogen (secondary N) is 2. The zero-order valence-electron chi connectivity index (χ0n) is 15.2. The number of aryl methyl sites for hydroxylation is 1. The van der Waals surface area contributed by atoms with Crippen LogP contribution in [0.5, 0.6) is 0 Å². The van der Waals surface area contributed by atoms with Crippen molar-refractivity contribution < 1.29 is 9.59 Å². The first-order chi connectivity index (χ1) is 13.0. The van der Waals surface area contributed by atoms with Gasteiger partial charge in [0.2, 0.25) is 5.91 Å². The molecule has 0 aliphatic heterocycles. The zero-order chi connectivity index (χ0) is 19.2. The molecule has 138 valence electrons. The van der Waals surface area contributed by atoms with Gasteiger partial charge in [-0.05, 0) is 38.1 Å². The summed E-state index contributed by atoms with van der Waals surface area (Å²) in [5, 5.41) is 8.74. The molecule has 1 unspecified atom stereocenters. The van der Waals surface area contributed by atoms with Crippen molar-refractivity contribution in [2.24, 2.45) is 0 Å². The lowest BCUT2D eigenvalue weighted by Gasteiger charge is -2.14. The fourth-order valence-electron chi connectivity index (χ4n) is 2.66. The predicted molar refractivity (Wildman–Crippen MR) is 109 cm³/mol. The molecule has 0 radical (unpaired) electrons. The van der Waals surface area contributed by atoms with Crippen molar-refractivity contribution in [2.75, 3.05) is 5.32 Å². The van der Waals surface area contributed by atoms with Crippen LogP contribution in [-0.2, 0) is 4.79 Å². The minimum absolute atomic E-state index is 0.145. The maximum atomic E-state index is 12.2. The number of hydrogen-bond acceptors (Lipinski definition) is 4. The Bertz CT molecular complexity index is 920. The third-order valence-electron chi connectivity index (χ3n) is 3.99. The van der Waals surface area contributed by atoms with Gasteiger partial charge in [-0.15, -0.1) is 11.3 Å². The SMILES string of the molecule is Cc1nc(-c2ccc(NC(=O)CC(C)NC(=O)c3ccccc3)cc2)cs1. The van der Waals surface area contributed by atoms with Gasteiger partial charge in [0.15, 0.2) is 0 Å². The molecular formula is C21H21N3O2S. The maximum Gasteiger partial charge on any atom is 0.251 e. The quantitative estimate of drug-likeness (QED) is 0.672. The summed E-state index contributed by atoms with van der Waals surface area (Å²) < 4.78 is 0. The van der Waals surface area contributed by atoms with E-state index in [9.17, 15) is 9.59 Å². The molecule has 6 heteroatoms. The maximum absolute atomic E-state index is 12.2. The van der Waals surface area contributed by atoms with E-state index in [0.717, 1.165) is 22.0 Å². The van der Waals surface area contributed by atoms with Gasteiger partial charge in [0, 0.05) is 34.7 Å². The van der Waals surface area contributed by atoms with Crippen LogP contribution in [0.3, 0.4) is 0 Å². The standard InChI is InChI=1S/C21H21N3O2S/c1-14(22-21(26)17-6-4-3-5-7-17)12-20(25)24-18-10-8-16(9-11-18)19-13-27-15(2)23-19/h3-11,13-14H,12H2,1-2H3,(H,22,26)(H,24,25). The monoisotopic (exact) mass is 379 g/mol. The molecule has 27 heavy (non-hydrogen) atoms. The zero-order valence-corrected chi connectivity index (χ0v) is 16.0. The van der Waals surface area contributed by atoms with Crippen molar-refractivity contribution in [3.8, 4) is 11.3 Å². The van der Waals surface area contributed by atoms with Crippen molar-refractivity contribution >= 4 is 28.8 Å². The van der Waals surface area contributed by atoms with Gasteiger partial charge in [0.05, 0.1) is 10.7 Å². The van der Waals surface area contributed by atoms with Crippen molar-refractivity contribution in [1.82, 2.24) is 10.3 Å². The van der Waals surface area contributed by atoms with Gasteiger partial charge >= 0.3 is 0 Å². The van der Waals surface area contributed by atoms with Crippen molar-refractivity contribution in [3.63, 3.8) is 0 Å². The second-order valence-electron chi connectivity index (χ2n) is 6.32. The average Bonchev–Trinajstić information content (AvgIpc) is 3.09. The third-order valence-corrected chi connectivity index (χ3v) is 4.76. The van der Waals surface area contributed by atoms with Crippen LogP contribution in [0.1, 0.15) is 28.7 Å². The Balaban J connectivity index is 1.52. The van der Waals surface area contributed by atoms with Crippen LogP contribution in [0.2, 0.25) is 0 Å². The molecule has 1 aromatic heterocycles. The summed E-state index contributed by atoms with van der Waals surface area (Å²) in [7, 11) is 0. The van der Waals surface area contributed by atoms with Crippen LogP contribution in [0.15, 0.2) is 60.0 Å². The average molecular weight is 379 g/mol. The Morgan fingerprint density at radius 1 is 1.07 bits per heavy atom. The molecule has 3 aromatic rings. The number of aromatic nitrogens is 1. The van der Waals surface area contributed by atoms with Gasteiger partial charge in [-0.3, -0.25) is 9.59 Å². The van der Waals surface area contributed by atoms with E-state index in [2.05, 4.69) is 15.6 Å². The van der Waals surface area contributed by atoms with Crippen LogP contribution in [0, 0.1) is 6.92 Å². The summed E-state index contributed by atoms with van der Waals surface area (Å²) in [6, 6.07) is 16.3. The Morgan fingerprint density at radius 2 is 1.78 bits per heavy atom. The molecule has 1 heterocycles. The Morgan fingerprint density at radius 3 is 2.41 bits per heavy atom. The van der Waals surface area contributed by atoms with E-state index in [4.69, 9.17) is 0 Å². The second kappa shape index (κ2) is 8.60. The molecule has 0 bridgehead atoms. The summed E-state index contributed by atoms with van der Waals surface area (Å²) in [6.07, 6.45) is 0.200. The first-order valence-electron chi connectivity index (χ1n) is 8.69. The number of carbonyl (C=O) groups excluding carboxylic acids is 2. The lowest BCUT2D eigenvalue weighted by atomic mass is 10.1. The van der Waals surface area contributed by atoms with E-state index in [1.165, 1.54) is 0 Å². The highest BCUT2D eigenvalue weighted by atomic mass is 32.1. The van der Waals surface area contributed by atoms with Gasteiger partial charge in [-0.25, -0.2) is 4.98 Å². The molecule has 2 N–H and O–H groups in total. The lowest BCUT2D eigenvalue weighted by molar-refractivity contribution is -0.116. The highest BCUT2D eigenvalue weighted by Gasteiger charge is 2.13. The first kappa shape index (κ1) is 18.8. The molecule has 3 rings (SSSR count). The van der Waals surface area contributed by atoms with Crippen molar-refractivity contribution in [2.45, 2.75) is 26.3 Å². The normalized spacial score (nSPS) is 11.6. The van der Waals surface area contributed by atoms with Crippen molar-refractivity contribution in [3.05, 3.63) is 70.5 Å². The summed E-state index contributed by atoms with van der Waals surface area (Å²) in [5.41, 5.74) is 3.25. The van der Waals surface area contributed by atoms with Gasteiger partial charge < -0.3 is 10.6 Å². The molecule has 2 aromatic carbocycles.